The van der Waals surface area contributed by atoms with Gasteiger partial charge in [0, 0.05) is 6.04 Å². The minimum Gasteiger partial charge on any atom is -0.480 e. The highest BCUT2D eigenvalue weighted by Crippen LogP contribution is 2.21. The highest BCUT2D eigenvalue weighted by Gasteiger charge is 2.30. The third-order valence-corrected chi connectivity index (χ3v) is 4.37. The van der Waals surface area contributed by atoms with Crippen LogP contribution in [0.1, 0.15) is 52.4 Å². The van der Waals surface area contributed by atoms with E-state index in [0.29, 0.717) is 6.42 Å². The molecule has 0 spiro atoms. The second kappa shape index (κ2) is 7.10. The maximum Gasteiger partial charge on any atom is 0.323 e. The summed E-state index contributed by atoms with van der Waals surface area (Å²) in [7, 11) is 1.72. The number of nitrogens with one attached hydrogen (secondary N) is 1. The maximum absolute atomic E-state index is 11.1. The number of carbonyl (C=O) groups is 1. The lowest BCUT2D eigenvalue weighted by atomic mass is 9.95. The topological polar surface area (TPSA) is 52.6 Å². The molecule has 4 heteroatoms. The predicted molar refractivity (Wildman–Crippen MR) is 73.8 cm³/mol. The Balaban J connectivity index is 2.24. The fourth-order valence-corrected chi connectivity index (χ4v) is 2.78. The van der Waals surface area contributed by atoms with Crippen molar-refractivity contribution in [3.63, 3.8) is 0 Å². The lowest BCUT2D eigenvalue weighted by molar-refractivity contribution is -0.144. The molecule has 1 heterocycles. The van der Waals surface area contributed by atoms with Crippen molar-refractivity contribution >= 4 is 5.97 Å². The number of nitrogens with zero attached hydrogens (tertiary/aromatic N) is 1. The van der Waals surface area contributed by atoms with E-state index in [0.717, 1.165) is 25.4 Å². The number of hydrogen-bond donors (Lipinski definition) is 2. The Hall–Kier alpha value is -0.610. The van der Waals surface area contributed by atoms with Crippen molar-refractivity contribution in [1.82, 2.24) is 10.2 Å². The molecule has 1 aliphatic rings. The van der Waals surface area contributed by atoms with Gasteiger partial charge in [-0.1, -0.05) is 6.92 Å². The molecule has 2 atom stereocenters. The molecule has 0 radical (unpaired) electrons. The van der Waals surface area contributed by atoms with Crippen LogP contribution in [0.15, 0.2) is 0 Å². The van der Waals surface area contributed by atoms with E-state index < -0.39 is 11.5 Å². The Labute approximate surface area is 111 Å². The van der Waals surface area contributed by atoms with Gasteiger partial charge in [0.2, 0.25) is 0 Å². The normalized spacial score (nSPS) is 24.1. The molecule has 18 heavy (non-hydrogen) atoms. The third-order valence-electron chi connectivity index (χ3n) is 4.37. The van der Waals surface area contributed by atoms with E-state index in [-0.39, 0.29) is 0 Å². The largest absolute Gasteiger partial charge is 0.480 e. The van der Waals surface area contributed by atoms with E-state index in [1.54, 1.807) is 14.0 Å². The molecule has 0 saturated carbocycles. The molecule has 1 fully saturated rings. The van der Waals surface area contributed by atoms with Crippen LogP contribution in [0, 0.1) is 0 Å². The number of rotatable bonds is 8. The van der Waals surface area contributed by atoms with E-state index in [4.69, 9.17) is 5.11 Å². The highest BCUT2D eigenvalue weighted by molar-refractivity contribution is 5.78. The van der Waals surface area contributed by atoms with Crippen molar-refractivity contribution in [2.45, 2.75) is 64.0 Å². The van der Waals surface area contributed by atoms with Gasteiger partial charge in [-0.2, -0.15) is 0 Å². The fraction of sp³-hybridized carbons (Fsp3) is 0.929. The van der Waals surface area contributed by atoms with E-state index in [2.05, 4.69) is 17.1 Å². The van der Waals surface area contributed by atoms with Crippen LogP contribution in [0.25, 0.3) is 0 Å². The maximum atomic E-state index is 11.1. The fourth-order valence-electron chi connectivity index (χ4n) is 2.78. The number of hydrogen-bond acceptors (Lipinski definition) is 3. The summed E-state index contributed by atoms with van der Waals surface area (Å²) >= 11 is 0. The van der Waals surface area contributed by atoms with Crippen molar-refractivity contribution in [3.8, 4) is 0 Å². The minimum atomic E-state index is -0.769. The number of likely N-dealkylation sites (N-methyl/N-ethyl adjacent to an activating group) is 1. The Morgan fingerprint density at radius 1 is 1.50 bits per heavy atom. The van der Waals surface area contributed by atoms with Crippen LogP contribution in [-0.4, -0.2) is 47.7 Å². The molecule has 1 saturated heterocycles. The average Bonchev–Trinajstić information content (AvgIpc) is 2.81. The van der Waals surface area contributed by atoms with Crippen LogP contribution in [-0.2, 0) is 4.79 Å². The second-order valence-electron chi connectivity index (χ2n) is 5.58. The van der Waals surface area contributed by atoms with Crippen LogP contribution in [0.4, 0.5) is 0 Å². The van der Waals surface area contributed by atoms with Crippen LogP contribution in [0.3, 0.4) is 0 Å². The standard InChI is InChI=1S/C14H28N2O2/c1-4-12-8-7-11-16(12)10-6-5-9-14(2,15-3)13(17)18/h12,15H,4-11H2,1-3H3,(H,17,18). The molecule has 0 aromatic carbocycles. The average molecular weight is 256 g/mol. The molecule has 106 valence electrons. The van der Waals surface area contributed by atoms with Crippen LogP contribution < -0.4 is 5.32 Å². The summed E-state index contributed by atoms with van der Waals surface area (Å²) in [6.45, 7) is 6.37. The van der Waals surface area contributed by atoms with Gasteiger partial charge in [-0.15, -0.1) is 0 Å². The number of likely N-dealkylation sites (tertiary alicyclic amines) is 1. The van der Waals surface area contributed by atoms with Crippen molar-refractivity contribution in [3.05, 3.63) is 0 Å². The Morgan fingerprint density at radius 3 is 2.78 bits per heavy atom. The van der Waals surface area contributed by atoms with Crippen LogP contribution in [0.2, 0.25) is 0 Å². The monoisotopic (exact) mass is 256 g/mol. The lowest BCUT2D eigenvalue weighted by Crippen LogP contribution is -2.47. The van der Waals surface area contributed by atoms with Gasteiger partial charge < -0.3 is 15.3 Å². The van der Waals surface area contributed by atoms with Gasteiger partial charge in [0.05, 0.1) is 0 Å². The van der Waals surface area contributed by atoms with Crippen molar-refractivity contribution in [2.24, 2.45) is 0 Å². The minimum absolute atomic E-state index is 0.698. The first-order valence-corrected chi connectivity index (χ1v) is 7.20. The first-order valence-electron chi connectivity index (χ1n) is 7.20. The molecule has 0 amide bonds. The lowest BCUT2D eigenvalue weighted by Gasteiger charge is -2.26. The quantitative estimate of drug-likeness (QED) is 0.653. The predicted octanol–water partition coefficient (Wildman–Crippen LogP) is 2.09. The van der Waals surface area contributed by atoms with Crippen LogP contribution >= 0.6 is 0 Å². The van der Waals surface area contributed by atoms with Gasteiger partial charge in [-0.05, 0) is 65.6 Å². The molecule has 0 aromatic heterocycles. The molecule has 0 aliphatic carbocycles. The number of carboxylic acid groups (broad SMARTS) is 1. The first kappa shape index (κ1) is 15.4. The number of aliphatic carboxylic acids is 1. The Kier molecular flexibility index (Phi) is 6.09. The van der Waals surface area contributed by atoms with Gasteiger partial charge in [0.1, 0.15) is 5.54 Å². The van der Waals surface area contributed by atoms with Crippen molar-refractivity contribution < 1.29 is 9.90 Å². The summed E-state index contributed by atoms with van der Waals surface area (Å²) in [6.07, 6.45) is 6.66. The smallest absolute Gasteiger partial charge is 0.323 e. The van der Waals surface area contributed by atoms with E-state index in [1.165, 1.54) is 25.8 Å². The van der Waals surface area contributed by atoms with Crippen molar-refractivity contribution in [2.75, 3.05) is 20.1 Å². The van der Waals surface area contributed by atoms with E-state index in [9.17, 15) is 4.79 Å². The summed E-state index contributed by atoms with van der Waals surface area (Å²) in [5, 5.41) is 12.1. The number of carboxylic acids is 1. The third kappa shape index (κ3) is 3.95. The van der Waals surface area contributed by atoms with Gasteiger partial charge in [-0.3, -0.25) is 4.79 Å². The highest BCUT2D eigenvalue weighted by atomic mass is 16.4. The Morgan fingerprint density at radius 2 is 2.22 bits per heavy atom. The first-order chi connectivity index (χ1) is 8.53. The van der Waals surface area contributed by atoms with Crippen molar-refractivity contribution in [1.29, 1.82) is 0 Å². The van der Waals surface area contributed by atoms with Gasteiger partial charge in [0.15, 0.2) is 0 Å². The molecular formula is C14H28N2O2. The van der Waals surface area contributed by atoms with Gasteiger partial charge >= 0.3 is 5.97 Å². The Bertz CT molecular complexity index is 271. The zero-order valence-corrected chi connectivity index (χ0v) is 12.0. The SMILES string of the molecule is CCC1CCCN1CCCCC(C)(NC)C(=O)O. The molecule has 0 aromatic rings. The summed E-state index contributed by atoms with van der Waals surface area (Å²) in [6, 6.07) is 0.764. The molecule has 4 nitrogen and oxygen atoms in total. The molecule has 2 N–H and O–H groups in total. The van der Waals surface area contributed by atoms with Gasteiger partial charge in [0.25, 0.3) is 0 Å². The van der Waals surface area contributed by atoms with E-state index >= 15 is 0 Å². The summed E-state index contributed by atoms with van der Waals surface area (Å²) in [5.41, 5.74) is -0.769. The molecule has 2 unspecified atom stereocenters. The number of unbranched alkanes of at least 4 members (excludes halogenated alkanes) is 1. The van der Waals surface area contributed by atoms with Crippen LogP contribution in [0.5, 0.6) is 0 Å². The zero-order chi connectivity index (χ0) is 13.6. The molecule has 1 aliphatic heterocycles. The molecular weight excluding hydrogens is 228 g/mol. The molecule has 0 bridgehead atoms. The van der Waals surface area contributed by atoms with E-state index in [1.807, 2.05) is 0 Å². The second-order valence-corrected chi connectivity index (χ2v) is 5.58. The zero-order valence-electron chi connectivity index (χ0n) is 12.0. The van der Waals surface area contributed by atoms with Gasteiger partial charge in [-0.25, -0.2) is 0 Å². The summed E-state index contributed by atoms with van der Waals surface area (Å²) < 4.78 is 0. The summed E-state index contributed by atoms with van der Waals surface area (Å²) in [4.78, 5) is 13.7. The molecule has 1 rings (SSSR count). The summed E-state index contributed by atoms with van der Waals surface area (Å²) in [5.74, 6) is -0.752.